The molecule has 1 unspecified atom stereocenters. The molecular weight excluding hydrogens is 526 g/mol. The Morgan fingerprint density at radius 1 is 1.10 bits per heavy atom. The number of likely N-dealkylation sites (tertiary alicyclic amines) is 1. The van der Waals surface area contributed by atoms with Crippen LogP contribution in [0.25, 0.3) is 0 Å². The zero-order valence-electron chi connectivity index (χ0n) is 24.9. The quantitative estimate of drug-likeness (QED) is 0.466. The number of hydrogen-bond donors (Lipinski definition) is 0. The summed E-state index contributed by atoms with van der Waals surface area (Å²) in [4.78, 5) is 31.6. The van der Waals surface area contributed by atoms with Crippen LogP contribution in [0.5, 0.6) is 6.01 Å². The number of nitriles is 1. The topological polar surface area (TPSA) is 88.8 Å². The van der Waals surface area contributed by atoms with Gasteiger partial charge in [0, 0.05) is 55.9 Å². The molecule has 42 heavy (non-hydrogen) atoms. The maximum absolute atomic E-state index is 12.5. The van der Waals surface area contributed by atoms with Gasteiger partial charge >= 0.3 is 6.01 Å². The van der Waals surface area contributed by atoms with E-state index in [2.05, 4.69) is 58.7 Å². The van der Waals surface area contributed by atoms with Crippen molar-refractivity contribution in [1.29, 1.82) is 5.26 Å². The lowest BCUT2D eigenvalue weighted by atomic mass is 9.88. The van der Waals surface area contributed by atoms with E-state index in [1.54, 1.807) is 4.90 Å². The summed E-state index contributed by atoms with van der Waals surface area (Å²) in [6.45, 7) is 8.16. The van der Waals surface area contributed by atoms with Crippen LogP contribution in [0.3, 0.4) is 0 Å². The molecule has 4 heterocycles. The SMILES string of the molecule is C=CC(=O)N1CCN(c2nc(OC[C@@H]3CCCCN3C)nc3c2CCC(N2CCCc4ccccc42)C3)C[C@@H]1CC#N. The number of carbonyl (C=O) groups excluding carboxylic acids is 1. The van der Waals surface area contributed by atoms with Crippen LogP contribution in [0.4, 0.5) is 11.5 Å². The summed E-state index contributed by atoms with van der Waals surface area (Å²) in [7, 11) is 2.17. The fraction of sp³-hybridized carbons (Fsp3) is 0.576. The number of piperidine rings is 1. The summed E-state index contributed by atoms with van der Waals surface area (Å²) < 4.78 is 6.37. The highest BCUT2D eigenvalue weighted by molar-refractivity contribution is 5.87. The standard InChI is InChI=1S/C33H43N7O2/c1-3-31(41)40-20-19-38(22-26(40)15-16-34)32-28-14-13-25(39-18-8-10-24-9-4-5-12-30(24)39)21-29(28)35-33(36-32)42-23-27-11-6-7-17-37(27)2/h3-5,9,12,25-27H,1,6-8,10-11,13-15,17-23H2,2H3/t25?,26-,27-/m0/s1. The van der Waals surface area contributed by atoms with Crippen molar-refractivity contribution in [2.75, 3.05) is 56.2 Å². The molecule has 0 spiro atoms. The molecule has 2 fully saturated rings. The van der Waals surface area contributed by atoms with Gasteiger partial charge in [0.15, 0.2) is 0 Å². The van der Waals surface area contributed by atoms with Gasteiger partial charge in [-0.2, -0.15) is 15.2 Å². The molecule has 0 N–H and O–H groups in total. The first-order valence-electron chi connectivity index (χ1n) is 15.7. The Balaban J connectivity index is 1.29. The van der Waals surface area contributed by atoms with Crippen molar-refractivity contribution in [3.05, 3.63) is 53.7 Å². The highest BCUT2D eigenvalue weighted by Gasteiger charge is 2.35. The van der Waals surface area contributed by atoms with E-state index >= 15 is 0 Å². The Bertz CT molecular complexity index is 1340. The summed E-state index contributed by atoms with van der Waals surface area (Å²) in [5.41, 5.74) is 5.07. The minimum atomic E-state index is -0.207. The fourth-order valence-electron chi connectivity index (χ4n) is 7.35. The van der Waals surface area contributed by atoms with Crippen LogP contribution in [0.15, 0.2) is 36.9 Å². The first-order chi connectivity index (χ1) is 20.6. The van der Waals surface area contributed by atoms with Crippen LogP contribution in [0.2, 0.25) is 0 Å². The number of aromatic nitrogens is 2. The molecule has 1 amide bonds. The van der Waals surface area contributed by atoms with E-state index < -0.39 is 0 Å². The van der Waals surface area contributed by atoms with E-state index in [1.807, 2.05) is 0 Å². The summed E-state index contributed by atoms with van der Waals surface area (Å²) in [6, 6.07) is 12.1. The number of para-hydroxylation sites is 1. The number of fused-ring (bicyclic) bond motifs is 2. The number of anilines is 2. The highest BCUT2D eigenvalue weighted by atomic mass is 16.5. The van der Waals surface area contributed by atoms with Gasteiger partial charge in [0.05, 0.1) is 24.2 Å². The third-order valence-electron chi connectivity index (χ3n) is 9.69. The predicted octanol–water partition coefficient (Wildman–Crippen LogP) is 3.77. The Labute approximate surface area is 249 Å². The normalized spacial score (nSPS) is 24.4. The van der Waals surface area contributed by atoms with Crippen molar-refractivity contribution in [2.24, 2.45) is 0 Å². The van der Waals surface area contributed by atoms with Gasteiger partial charge in [0.1, 0.15) is 12.4 Å². The maximum Gasteiger partial charge on any atom is 0.318 e. The van der Waals surface area contributed by atoms with Gasteiger partial charge in [-0.05, 0) is 69.8 Å². The number of piperazine rings is 1. The zero-order valence-corrected chi connectivity index (χ0v) is 24.9. The second kappa shape index (κ2) is 12.7. The van der Waals surface area contributed by atoms with Crippen molar-refractivity contribution >= 4 is 17.4 Å². The van der Waals surface area contributed by atoms with Gasteiger partial charge in [-0.3, -0.25) is 4.79 Å². The van der Waals surface area contributed by atoms with E-state index in [4.69, 9.17) is 14.7 Å². The lowest BCUT2D eigenvalue weighted by Crippen LogP contribution is -2.55. The Morgan fingerprint density at radius 2 is 1.98 bits per heavy atom. The third-order valence-corrected chi connectivity index (χ3v) is 9.69. The number of aryl methyl sites for hydroxylation is 1. The number of carbonyl (C=O) groups is 1. The molecule has 1 aromatic heterocycles. The highest BCUT2D eigenvalue weighted by Crippen LogP contribution is 2.37. The van der Waals surface area contributed by atoms with Crippen LogP contribution < -0.4 is 14.5 Å². The Morgan fingerprint density at radius 3 is 2.81 bits per heavy atom. The van der Waals surface area contributed by atoms with E-state index in [1.165, 1.54) is 42.2 Å². The molecular formula is C33H43N7O2. The summed E-state index contributed by atoms with van der Waals surface area (Å²) in [5, 5.41) is 9.54. The second-order valence-electron chi connectivity index (χ2n) is 12.2. The number of rotatable bonds is 7. The lowest BCUT2D eigenvalue weighted by Gasteiger charge is -2.43. The number of nitrogens with zero attached hydrogens (tertiary/aromatic N) is 7. The first-order valence-corrected chi connectivity index (χ1v) is 15.7. The van der Waals surface area contributed by atoms with Gasteiger partial charge < -0.3 is 24.3 Å². The average molecular weight is 570 g/mol. The van der Waals surface area contributed by atoms with Crippen molar-refractivity contribution < 1.29 is 9.53 Å². The van der Waals surface area contributed by atoms with Gasteiger partial charge in [-0.15, -0.1) is 0 Å². The van der Waals surface area contributed by atoms with Crippen molar-refractivity contribution in [3.8, 4) is 12.1 Å². The molecule has 9 nitrogen and oxygen atoms in total. The molecule has 2 aromatic rings. The molecule has 222 valence electrons. The average Bonchev–Trinajstić information content (AvgIpc) is 3.03. The van der Waals surface area contributed by atoms with Crippen molar-refractivity contribution in [1.82, 2.24) is 19.8 Å². The second-order valence-corrected chi connectivity index (χ2v) is 12.2. The monoisotopic (exact) mass is 569 g/mol. The summed E-state index contributed by atoms with van der Waals surface area (Å²) in [6.07, 6.45) is 10.3. The van der Waals surface area contributed by atoms with Crippen LogP contribution in [-0.4, -0.2) is 90.2 Å². The van der Waals surface area contributed by atoms with Gasteiger partial charge in [0.25, 0.3) is 0 Å². The summed E-state index contributed by atoms with van der Waals surface area (Å²) >= 11 is 0. The number of benzene rings is 1. The molecule has 9 heteroatoms. The number of ether oxygens (including phenoxy) is 1. The smallest absolute Gasteiger partial charge is 0.318 e. The van der Waals surface area contributed by atoms with E-state index in [-0.39, 0.29) is 18.4 Å². The molecule has 3 atom stereocenters. The predicted molar refractivity (Wildman–Crippen MR) is 164 cm³/mol. The van der Waals surface area contributed by atoms with Gasteiger partial charge in [-0.1, -0.05) is 31.2 Å². The molecule has 2 saturated heterocycles. The van der Waals surface area contributed by atoms with Gasteiger partial charge in [-0.25, -0.2) is 0 Å². The number of amides is 1. The van der Waals surface area contributed by atoms with Crippen LogP contribution in [0, 0.1) is 11.3 Å². The van der Waals surface area contributed by atoms with Crippen LogP contribution in [-0.2, 0) is 24.1 Å². The molecule has 0 saturated carbocycles. The largest absolute Gasteiger partial charge is 0.462 e. The van der Waals surface area contributed by atoms with Crippen LogP contribution >= 0.6 is 0 Å². The number of hydrogen-bond acceptors (Lipinski definition) is 8. The third kappa shape index (κ3) is 5.82. The van der Waals surface area contributed by atoms with Crippen LogP contribution in [0.1, 0.15) is 55.3 Å². The molecule has 3 aliphatic heterocycles. The molecule has 6 rings (SSSR count). The van der Waals surface area contributed by atoms with E-state index in [0.717, 1.165) is 56.7 Å². The molecule has 1 aliphatic carbocycles. The van der Waals surface area contributed by atoms with Crippen molar-refractivity contribution in [3.63, 3.8) is 0 Å². The van der Waals surface area contributed by atoms with Gasteiger partial charge in [0.2, 0.25) is 5.91 Å². The zero-order chi connectivity index (χ0) is 29.1. The van der Waals surface area contributed by atoms with E-state index in [0.29, 0.717) is 44.3 Å². The van der Waals surface area contributed by atoms with Crippen molar-refractivity contribution in [2.45, 2.75) is 75.9 Å². The maximum atomic E-state index is 12.5. The lowest BCUT2D eigenvalue weighted by molar-refractivity contribution is -0.128. The fourth-order valence-corrected chi connectivity index (χ4v) is 7.35. The summed E-state index contributed by atoms with van der Waals surface area (Å²) in [5.74, 6) is 0.794. The van der Waals surface area contributed by atoms with E-state index in [9.17, 15) is 10.1 Å². The molecule has 0 radical (unpaired) electrons. The molecule has 4 aliphatic rings. The molecule has 1 aromatic carbocycles. The number of likely N-dealkylation sites (N-methyl/N-ethyl adjacent to an activating group) is 1. The molecule has 0 bridgehead atoms. The first kappa shape index (κ1) is 28.5. The Hall–Kier alpha value is -3.64. The minimum Gasteiger partial charge on any atom is -0.462 e. The minimum absolute atomic E-state index is 0.120. The Kier molecular flexibility index (Phi) is 8.61.